The van der Waals surface area contributed by atoms with Gasteiger partial charge in [-0.05, 0) is 37.1 Å². The number of hydrogen-bond acceptors (Lipinski definition) is 8. The van der Waals surface area contributed by atoms with Crippen LogP contribution in [0.2, 0.25) is 0 Å². The molecule has 40 heavy (non-hydrogen) atoms. The summed E-state index contributed by atoms with van der Waals surface area (Å²) >= 11 is 3.28. The van der Waals surface area contributed by atoms with Gasteiger partial charge in [-0.1, -0.05) is 40.2 Å². The summed E-state index contributed by atoms with van der Waals surface area (Å²) in [5, 5.41) is 10.9. The van der Waals surface area contributed by atoms with Crippen LogP contribution in [0, 0.1) is 0 Å². The Morgan fingerprint density at radius 1 is 0.575 bits per heavy atom. The summed E-state index contributed by atoms with van der Waals surface area (Å²) in [5.74, 6) is -0.817. The molecule has 0 N–H and O–H groups in total. The Hall–Kier alpha value is -1.32. The molecule has 4 rings (SSSR count). The number of benzene rings is 2. The van der Waals surface area contributed by atoms with Crippen molar-refractivity contribution in [3.05, 3.63) is 70.8 Å². The Bertz CT molecular complexity index is 1080. The topological polar surface area (TPSA) is 126 Å². The summed E-state index contributed by atoms with van der Waals surface area (Å²) in [5.41, 5.74) is 1.99. The van der Waals surface area contributed by atoms with Crippen molar-refractivity contribution in [3.63, 3.8) is 0 Å². The first-order chi connectivity index (χ1) is 19.0. The van der Waals surface area contributed by atoms with Gasteiger partial charge in [0, 0.05) is 31.6 Å². The van der Waals surface area contributed by atoms with E-state index in [0.717, 1.165) is 11.8 Å². The SMILES string of the molecule is O=C1c2ccccc2C(=O)N1CCCBr.O=C1c2ccccc2C(=O)N1CCCOCCOCCOCC[O-].[K+]. The second-order valence-corrected chi connectivity index (χ2v) is 9.35. The summed E-state index contributed by atoms with van der Waals surface area (Å²) in [6.07, 6.45) is 1.36. The molecule has 2 heterocycles. The third-order valence-corrected chi connectivity index (χ3v) is 6.47. The molecule has 0 spiro atoms. The number of carbonyl (C=O) groups excluding carboxylic acids is 4. The van der Waals surface area contributed by atoms with Gasteiger partial charge in [-0.15, -0.1) is 6.61 Å². The zero-order valence-electron chi connectivity index (χ0n) is 22.6. The number of fused-ring (bicyclic) bond motifs is 2. The average molecular weight is 644 g/mol. The molecule has 0 aliphatic carbocycles. The molecule has 2 aromatic rings. The van der Waals surface area contributed by atoms with Gasteiger partial charge < -0.3 is 19.3 Å². The van der Waals surface area contributed by atoms with Crippen LogP contribution in [0.1, 0.15) is 54.3 Å². The molecule has 0 aromatic heterocycles. The fraction of sp³-hybridized carbons (Fsp3) is 0.429. The molecular formula is C28H32BrKN2O8. The van der Waals surface area contributed by atoms with Crippen LogP contribution in [0.3, 0.4) is 0 Å². The third kappa shape index (κ3) is 9.62. The van der Waals surface area contributed by atoms with Gasteiger partial charge in [0.1, 0.15) is 0 Å². The standard InChI is InChI=1S/C17H22NO6.C11H10BrNO2.K/c19-7-9-23-11-13-24-12-10-22-8-3-6-18-16(20)14-4-1-2-5-15(14)17(18)21;12-6-3-7-13-10(14)8-4-1-2-5-9(8)11(13)15;/h1-2,4-5H,3,6-13H2;1-2,4-5H,3,6-7H2;/q-1;;+1. The van der Waals surface area contributed by atoms with Crippen LogP contribution in [0.5, 0.6) is 0 Å². The molecule has 0 fully saturated rings. The van der Waals surface area contributed by atoms with Crippen LogP contribution in [0.4, 0.5) is 0 Å². The fourth-order valence-corrected chi connectivity index (χ4v) is 4.28. The van der Waals surface area contributed by atoms with Crippen LogP contribution in [-0.2, 0) is 14.2 Å². The van der Waals surface area contributed by atoms with Gasteiger partial charge >= 0.3 is 51.4 Å². The molecule has 2 aromatic carbocycles. The first-order valence-electron chi connectivity index (χ1n) is 12.8. The summed E-state index contributed by atoms with van der Waals surface area (Å²) in [6.45, 7) is 2.95. The normalized spacial score (nSPS) is 13.7. The van der Waals surface area contributed by atoms with Gasteiger partial charge in [-0.3, -0.25) is 29.0 Å². The van der Waals surface area contributed by atoms with Crippen molar-refractivity contribution in [1.82, 2.24) is 9.80 Å². The van der Waals surface area contributed by atoms with E-state index >= 15 is 0 Å². The van der Waals surface area contributed by atoms with Gasteiger partial charge in [0.2, 0.25) is 0 Å². The Morgan fingerprint density at radius 2 is 0.925 bits per heavy atom. The van der Waals surface area contributed by atoms with E-state index in [4.69, 9.17) is 14.2 Å². The van der Waals surface area contributed by atoms with Crippen LogP contribution >= 0.6 is 15.9 Å². The van der Waals surface area contributed by atoms with Crippen LogP contribution in [-0.4, -0.2) is 98.1 Å². The quantitative estimate of drug-likeness (QED) is 0.107. The Morgan fingerprint density at radius 3 is 1.30 bits per heavy atom. The van der Waals surface area contributed by atoms with Crippen LogP contribution in [0.25, 0.3) is 0 Å². The van der Waals surface area contributed by atoms with E-state index in [-0.39, 0.29) is 88.2 Å². The van der Waals surface area contributed by atoms with Gasteiger partial charge in [-0.2, -0.15) is 0 Å². The number of amides is 4. The first-order valence-corrected chi connectivity index (χ1v) is 13.9. The maximum Gasteiger partial charge on any atom is 1.00 e. The van der Waals surface area contributed by atoms with Crippen molar-refractivity contribution in [1.29, 1.82) is 0 Å². The molecule has 4 amide bonds. The zero-order chi connectivity index (χ0) is 28.0. The van der Waals surface area contributed by atoms with Crippen LogP contribution in [0.15, 0.2) is 48.5 Å². The second kappa shape index (κ2) is 19.0. The van der Waals surface area contributed by atoms with E-state index in [1.807, 2.05) is 0 Å². The van der Waals surface area contributed by atoms with Gasteiger partial charge in [-0.25, -0.2) is 0 Å². The van der Waals surface area contributed by atoms with E-state index in [1.165, 1.54) is 9.80 Å². The summed E-state index contributed by atoms with van der Waals surface area (Å²) in [7, 11) is 0. The maximum atomic E-state index is 12.1. The van der Waals surface area contributed by atoms with Crippen molar-refractivity contribution < 1.29 is 89.9 Å². The molecule has 0 bridgehead atoms. The first kappa shape index (κ1) is 34.9. The van der Waals surface area contributed by atoms with Gasteiger partial charge in [0.05, 0.1) is 48.7 Å². The predicted molar refractivity (Wildman–Crippen MR) is 144 cm³/mol. The van der Waals surface area contributed by atoms with E-state index in [0.29, 0.717) is 74.8 Å². The van der Waals surface area contributed by atoms with Gasteiger partial charge in [0.15, 0.2) is 0 Å². The zero-order valence-corrected chi connectivity index (χ0v) is 27.4. The van der Waals surface area contributed by atoms with Crippen molar-refractivity contribution in [2.24, 2.45) is 0 Å². The molecule has 0 atom stereocenters. The minimum Gasteiger partial charge on any atom is -0.853 e. The van der Waals surface area contributed by atoms with E-state index < -0.39 is 0 Å². The van der Waals surface area contributed by atoms with Crippen LogP contribution < -0.4 is 56.5 Å². The minimum atomic E-state index is -0.240. The number of carbonyl (C=O) groups is 4. The van der Waals surface area contributed by atoms with Crippen molar-refractivity contribution >= 4 is 39.6 Å². The minimum absolute atomic E-state index is 0. The maximum absolute atomic E-state index is 12.1. The molecule has 2 aliphatic heterocycles. The number of ether oxygens (including phenoxy) is 3. The smallest absolute Gasteiger partial charge is 0.853 e. The molecule has 10 nitrogen and oxygen atoms in total. The number of imide groups is 2. The molecule has 2 aliphatic rings. The predicted octanol–water partition coefficient (Wildman–Crippen LogP) is -0.846. The Labute approximate surface area is 284 Å². The summed E-state index contributed by atoms with van der Waals surface area (Å²) < 4.78 is 15.7. The van der Waals surface area contributed by atoms with Crippen molar-refractivity contribution in [2.45, 2.75) is 12.8 Å². The van der Waals surface area contributed by atoms with Crippen molar-refractivity contribution in [3.8, 4) is 0 Å². The van der Waals surface area contributed by atoms with Crippen molar-refractivity contribution in [2.75, 3.05) is 64.7 Å². The van der Waals surface area contributed by atoms with E-state index in [9.17, 15) is 24.3 Å². The van der Waals surface area contributed by atoms with Gasteiger partial charge in [0.25, 0.3) is 23.6 Å². The van der Waals surface area contributed by atoms with E-state index in [1.54, 1.807) is 48.5 Å². The number of alkyl halides is 1. The Balaban J connectivity index is 0.000000301. The molecule has 0 saturated heterocycles. The fourth-order valence-electron chi connectivity index (χ4n) is 4.03. The molecule has 12 heteroatoms. The molecule has 0 radical (unpaired) electrons. The number of hydrogen-bond donors (Lipinski definition) is 0. The summed E-state index contributed by atoms with van der Waals surface area (Å²) in [4.78, 5) is 50.4. The average Bonchev–Trinajstić information content (AvgIpc) is 3.35. The largest absolute Gasteiger partial charge is 1.00 e. The number of nitrogens with zero attached hydrogens (tertiary/aromatic N) is 2. The number of rotatable bonds is 15. The molecule has 210 valence electrons. The monoisotopic (exact) mass is 642 g/mol. The summed E-state index contributed by atoms with van der Waals surface area (Å²) in [6, 6.07) is 13.8. The molecular weight excluding hydrogens is 611 g/mol. The Kier molecular flexibility index (Phi) is 16.5. The van der Waals surface area contributed by atoms with E-state index in [2.05, 4.69) is 15.9 Å². The second-order valence-electron chi connectivity index (χ2n) is 8.55. The third-order valence-electron chi connectivity index (χ3n) is 5.91. The number of halogens is 1. The molecule has 0 saturated carbocycles. The molecule has 0 unspecified atom stereocenters.